The van der Waals surface area contributed by atoms with Gasteiger partial charge in [-0.05, 0) is 63.3 Å². The van der Waals surface area contributed by atoms with Gasteiger partial charge < -0.3 is 9.84 Å². The Bertz CT molecular complexity index is 998. The number of aromatic hydroxyl groups is 1. The van der Waals surface area contributed by atoms with Crippen LogP contribution in [0.1, 0.15) is 22.3 Å². The van der Waals surface area contributed by atoms with Gasteiger partial charge in [0.2, 0.25) is 0 Å². The Hall–Kier alpha value is -2.47. The summed E-state index contributed by atoms with van der Waals surface area (Å²) in [6.07, 6.45) is 2.53. The zero-order valence-corrected chi connectivity index (χ0v) is 18.4. The normalized spacial score (nSPS) is 15.0. The molecule has 0 saturated carbocycles. The van der Waals surface area contributed by atoms with E-state index in [-0.39, 0.29) is 5.75 Å². The summed E-state index contributed by atoms with van der Waals surface area (Å²) in [6, 6.07) is 22.5. The molecule has 30 heavy (non-hydrogen) atoms. The topological polar surface area (TPSA) is 45.1 Å². The largest absolute Gasteiger partial charge is 0.506 e. The molecular weight excluding hydrogens is 440 g/mol. The maximum Gasteiger partial charge on any atom is 0.138 e. The molecule has 1 aliphatic rings. The van der Waals surface area contributed by atoms with Crippen LogP contribution in [0, 0.1) is 0 Å². The first-order chi connectivity index (χ1) is 14.7. The van der Waals surface area contributed by atoms with Gasteiger partial charge in [0.05, 0.1) is 23.4 Å². The fraction of sp³-hybridized carbons (Fsp3) is 0.240. The zero-order chi connectivity index (χ0) is 20.8. The number of hydrogen-bond acceptors (Lipinski definition) is 4. The Morgan fingerprint density at radius 2 is 1.67 bits per heavy atom. The van der Waals surface area contributed by atoms with Crippen molar-refractivity contribution in [2.45, 2.75) is 13.0 Å². The SMILES string of the molecule is Oc1c(Br)cc(Cc2ccccc2)cc1C=Nc1ccc(CN2CCOCC2)cc1. The van der Waals surface area contributed by atoms with E-state index in [2.05, 4.69) is 50.1 Å². The van der Waals surface area contributed by atoms with E-state index in [0.29, 0.717) is 10.0 Å². The summed E-state index contributed by atoms with van der Waals surface area (Å²) < 4.78 is 6.08. The monoisotopic (exact) mass is 464 g/mol. The Kier molecular flexibility index (Phi) is 6.95. The van der Waals surface area contributed by atoms with Crippen LogP contribution in [-0.4, -0.2) is 42.5 Å². The number of morpholine rings is 1. The van der Waals surface area contributed by atoms with Gasteiger partial charge in [-0.1, -0.05) is 42.5 Å². The second-order valence-electron chi connectivity index (χ2n) is 7.49. The van der Waals surface area contributed by atoms with E-state index in [1.54, 1.807) is 6.21 Å². The summed E-state index contributed by atoms with van der Waals surface area (Å²) >= 11 is 3.47. The second kappa shape index (κ2) is 10.0. The van der Waals surface area contributed by atoms with E-state index in [1.165, 1.54) is 11.1 Å². The molecule has 0 radical (unpaired) electrons. The van der Waals surface area contributed by atoms with Crippen molar-refractivity contribution in [2.75, 3.05) is 26.3 Å². The van der Waals surface area contributed by atoms with Crippen LogP contribution in [0.3, 0.4) is 0 Å². The summed E-state index contributed by atoms with van der Waals surface area (Å²) in [5.74, 6) is 0.208. The Balaban J connectivity index is 1.46. The predicted octanol–water partition coefficient (Wildman–Crippen LogP) is 5.33. The highest BCUT2D eigenvalue weighted by atomic mass is 79.9. The third kappa shape index (κ3) is 5.57. The molecule has 1 heterocycles. The van der Waals surface area contributed by atoms with Gasteiger partial charge in [-0.25, -0.2) is 0 Å². The van der Waals surface area contributed by atoms with E-state index in [0.717, 1.165) is 50.5 Å². The second-order valence-corrected chi connectivity index (χ2v) is 8.35. The Morgan fingerprint density at radius 3 is 2.40 bits per heavy atom. The average molecular weight is 465 g/mol. The van der Waals surface area contributed by atoms with Crippen molar-refractivity contribution in [3.63, 3.8) is 0 Å². The predicted molar refractivity (Wildman–Crippen MR) is 125 cm³/mol. The lowest BCUT2D eigenvalue weighted by atomic mass is 10.0. The lowest BCUT2D eigenvalue weighted by Gasteiger charge is -2.26. The Morgan fingerprint density at radius 1 is 0.933 bits per heavy atom. The standard InChI is InChI=1S/C25H25BrN2O2/c26-24-16-21(14-19-4-2-1-3-5-19)15-22(25(24)29)17-27-23-8-6-20(7-9-23)18-28-10-12-30-13-11-28/h1-9,15-17,29H,10-14,18H2. The molecular formula is C25H25BrN2O2. The fourth-order valence-corrected chi connectivity index (χ4v) is 4.08. The van der Waals surface area contributed by atoms with Gasteiger partial charge in [0.1, 0.15) is 5.75 Å². The highest BCUT2D eigenvalue weighted by Crippen LogP contribution is 2.30. The summed E-state index contributed by atoms with van der Waals surface area (Å²) in [7, 11) is 0. The van der Waals surface area contributed by atoms with Crippen molar-refractivity contribution in [3.8, 4) is 5.75 Å². The van der Waals surface area contributed by atoms with Crippen LogP contribution < -0.4 is 0 Å². The number of halogens is 1. The molecule has 1 aliphatic heterocycles. The highest BCUT2D eigenvalue weighted by Gasteiger charge is 2.11. The van der Waals surface area contributed by atoms with Crippen LogP contribution in [0.5, 0.6) is 5.75 Å². The molecule has 0 spiro atoms. The summed E-state index contributed by atoms with van der Waals surface area (Å²) in [6.45, 7) is 4.51. The molecule has 5 heteroatoms. The van der Waals surface area contributed by atoms with Crippen molar-refractivity contribution in [2.24, 2.45) is 4.99 Å². The molecule has 3 aromatic rings. The van der Waals surface area contributed by atoms with Gasteiger partial charge >= 0.3 is 0 Å². The number of phenolic OH excluding ortho intramolecular Hbond substituents is 1. The maximum atomic E-state index is 10.4. The van der Waals surface area contributed by atoms with Crippen LogP contribution in [0.4, 0.5) is 5.69 Å². The van der Waals surface area contributed by atoms with E-state index in [4.69, 9.17) is 4.74 Å². The summed E-state index contributed by atoms with van der Waals surface area (Å²) in [4.78, 5) is 6.97. The van der Waals surface area contributed by atoms with Crippen LogP contribution >= 0.6 is 15.9 Å². The molecule has 0 amide bonds. The van der Waals surface area contributed by atoms with E-state index in [1.807, 2.05) is 42.5 Å². The van der Waals surface area contributed by atoms with E-state index < -0.39 is 0 Å². The number of ether oxygens (including phenoxy) is 1. The number of nitrogens with zero attached hydrogens (tertiary/aromatic N) is 2. The zero-order valence-electron chi connectivity index (χ0n) is 16.8. The lowest BCUT2D eigenvalue weighted by Crippen LogP contribution is -2.35. The molecule has 3 aromatic carbocycles. The van der Waals surface area contributed by atoms with Crippen LogP contribution in [-0.2, 0) is 17.7 Å². The molecule has 1 N–H and O–H groups in total. The average Bonchev–Trinajstić information content (AvgIpc) is 2.77. The van der Waals surface area contributed by atoms with Gasteiger partial charge in [-0.2, -0.15) is 0 Å². The van der Waals surface area contributed by atoms with Gasteiger partial charge in [0, 0.05) is 31.4 Å². The molecule has 1 saturated heterocycles. The number of hydrogen-bond donors (Lipinski definition) is 1. The molecule has 4 rings (SSSR count). The van der Waals surface area contributed by atoms with Crippen molar-refractivity contribution < 1.29 is 9.84 Å². The first-order valence-electron chi connectivity index (χ1n) is 10.2. The smallest absolute Gasteiger partial charge is 0.138 e. The molecule has 0 aromatic heterocycles. The van der Waals surface area contributed by atoms with Crippen molar-refractivity contribution in [1.29, 1.82) is 0 Å². The van der Waals surface area contributed by atoms with Crippen molar-refractivity contribution >= 4 is 27.8 Å². The quantitative estimate of drug-likeness (QED) is 0.501. The third-order valence-electron chi connectivity index (χ3n) is 5.20. The number of benzene rings is 3. The molecule has 1 fully saturated rings. The molecule has 154 valence electrons. The number of aliphatic imine (C=N–C) groups is 1. The van der Waals surface area contributed by atoms with Gasteiger partial charge in [-0.15, -0.1) is 0 Å². The van der Waals surface area contributed by atoms with E-state index >= 15 is 0 Å². The van der Waals surface area contributed by atoms with Crippen LogP contribution in [0.15, 0.2) is 76.2 Å². The minimum Gasteiger partial charge on any atom is -0.506 e. The van der Waals surface area contributed by atoms with Crippen molar-refractivity contribution in [3.05, 3.63) is 93.5 Å². The van der Waals surface area contributed by atoms with Gasteiger partial charge in [0.15, 0.2) is 0 Å². The first-order valence-corrected chi connectivity index (χ1v) is 10.9. The Labute approximate surface area is 186 Å². The van der Waals surface area contributed by atoms with Crippen LogP contribution in [0.25, 0.3) is 0 Å². The van der Waals surface area contributed by atoms with E-state index in [9.17, 15) is 5.11 Å². The highest BCUT2D eigenvalue weighted by molar-refractivity contribution is 9.10. The van der Waals surface area contributed by atoms with Gasteiger partial charge in [-0.3, -0.25) is 9.89 Å². The lowest BCUT2D eigenvalue weighted by molar-refractivity contribution is 0.0342. The molecule has 0 bridgehead atoms. The number of phenols is 1. The molecule has 0 atom stereocenters. The number of rotatable bonds is 6. The first kappa shape index (κ1) is 20.8. The molecule has 0 aliphatic carbocycles. The van der Waals surface area contributed by atoms with Crippen molar-refractivity contribution in [1.82, 2.24) is 4.90 Å². The minimum atomic E-state index is 0.208. The minimum absolute atomic E-state index is 0.208. The molecule has 0 unspecified atom stereocenters. The summed E-state index contributed by atoms with van der Waals surface area (Å²) in [5.41, 5.74) is 5.19. The summed E-state index contributed by atoms with van der Waals surface area (Å²) in [5, 5.41) is 10.4. The fourth-order valence-electron chi connectivity index (χ4n) is 3.56. The van der Waals surface area contributed by atoms with Crippen LogP contribution in [0.2, 0.25) is 0 Å². The third-order valence-corrected chi connectivity index (χ3v) is 5.81. The maximum absolute atomic E-state index is 10.4. The van der Waals surface area contributed by atoms with Gasteiger partial charge in [0.25, 0.3) is 0 Å². The molecule has 4 nitrogen and oxygen atoms in total.